The maximum Gasteiger partial charge on any atom is 0.269 e. The van der Waals surface area contributed by atoms with Gasteiger partial charge in [-0.05, 0) is 12.6 Å². The third-order valence-electron chi connectivity index (χ3n) is 1.97. The van der Waals surface area contributed by atoms with Crippen molar-refractivity contribution in [2.45, 2.75) is 6.54 Å². The SMILES string of the molecule is CNCC(=O)NCc1ccc([N+](=O)[O-])cc1.Cl. The van der Waals surface area contributed by atoms with Crippen molar-refractivity contribution in [2.24, 2.45) is 0 Å². The third kappa shape index (κ3) is 5.28. The van der Waals surface area contributed by atoms with Gasteiger partial charge in [-0.25, -0.2) is 0 Å². The van der Waals surface area contributed by atoms with Crippen molar-refractivity contribution in [1.29, 1.82) is 0 Å². The van der Waals surface area contributed by atoms with Crippen LogP contribution in [0, 0.1) is 10.1 Å². The highest BCUT2D eigenvalue weighted by atomic mass is 35.5. The van der Waals surface area contributed by atoms with Gasteiger partial charge < -0.3 is 10.6 Å². The second-order valence-electron chi connectivity index (χ2n) is 3.23. The van der Waals surface area contributed by atoms with Crippen LogP contribution in [0.2, 0.25) is 0 Å². The summed E-state index contributed by atoms with van der Waals surface area (Å²) in [5.74, 6) is -0.110. The van der Waals surface area contributed by atoms with Crippen LogP contribution >= 0.6 is 12.4 Å². The Morgan fingerprint density at radius 2 is 1.94 bits per heavy atom. The molecule has 0 heterocycles. The Morgan fingerprint density at radius 3 is 2.41 bits per heavy atom. The van der Waals surface area contributed by atoms with E-state index in [9.17, 15) is 14.9 Å². The van der Waals surface area contributed by atoms with Crippen LogP contribution in [0.1, 0.15) is 5.56 Å². The van der Waals surface area contributed by atoms with E-state index < -0.39 is 4.92 Å². The Morgan fingerprint density at radius 1 is 1.35 bits per heavy atom. The van der Waals surface area contributed by atoms with Crippen LogP contribution in [0.3, 0.4) is 0 Å². The first kappa shape index (κ1) is 15.3. The molecule has 0 fully saturated rings. The lowest BCUT2D eigenvalue weighted by atomic mass is 10.2. The van der Waals surface area contributed by atoms with Gasteiger partial charge in [-0.2, -0.15) is 0 Å². The quantitative estimate of drug-likeness (QED) is 0.607. The van der Waals surface area contributed by atoms with Crippen molar-refractivity contribution < 1.29 is 9.72 Å². The van der Waals surface area contributed by atoms with Gasteiger partial charge in [-0.3, -0.25) is 14.9 Å². The first-order valence-corrected chi connectivity index (χ1v) is 4.78. The number of rotatable bonds is 5. The number of hydrogen-bond donors (Lipinski definition) is 2. The lowest BCUT2D eigenvalue weighted by molar-refractivity contribution is -0.384. The highest BCUT2D eigenvalue weighted by molar-refractivity contribution is 5.85. The molecule has 0 aliphatic carbocycles. The molecule has 0 bridgehead atoms. The van der Waals surface area contributed by atoms with Gasteiger partial charge in [0.05, 0.1) is 11.5 Å². The minimum Gasteiger partial charge on any atom is -0.351 e. The molecule has 0 spiro atoms. The van der Waals surface area contributed by atoms with E-state index in [4.69, 9.17) is 0 Å². The van der Waals surface area contributed by atoms with Crippen LogP contribution in [0.4, 0.5) is 5.69 Å². The van der Waals surface area contributed by atoms with Crippen LogP contribution in [-0.4, -0.2) is 24.4 Å². The number of hydrogen-bond acceptors (Lipinski definition) is 4. The van der Waals surface area contributed by atoms with E-state index in [1.165, 1.54) is 12.1 Å². The van der Waals surface area contributed by atoms with E-state index in [1.807, 2.05) is 0 Å². The first-order chi connectivity index (χ1) is 7.63. The molecule has 6 nitrogen and oxygen atoms in total. The number of likely N-dealkylation sites (N-methyl/N-ethyl adjacent to an activating group) is 1. The highest BCUT2D eigenvalue weighted by Gasteiger charge is 2.04. The van der Waals surface area contributed by atoms with Gasteiger partial charge in [0.2, 0.25) is 5.91 Å². The zero-order valence-electron chi connectivity index (χ0n) is 9.30. The summed E-state index contributed by atoms with van der Waals surface area (Å²) in [4.78, 5) is 21.0. The number of amides is 1. The lowest BCUT2D eigenvalue weighted by Crippen LogP contribution is -2.31. The number of nitro benzene ring substituents is 1. The molecule has 0 atom stereocenters. The molecule has 94 valence electrons. The highest BCUT2D eigenvalue weighted by Crippen LogP contribution is 2.11. The van der Waals surface area contributed by atoms with Crippen molar-refractivity contribution in [2.75, 3.05) is 13.6 Å². The fourth-order valence-electron chi connectivity index (χ4n) is 1.16. The molecule has 1 aromatic rings. The summed E-state index contributed by atoms with van der Waals surface area (Å²) in [5, 5.41) is 15.8. The lowest BCUT2D eigenvalue weighted by Gasteiger charge is -2.04. The summed E-state index contributed by atoms with van der Waals surface area (Å²) in [6.07, 6.45) is 0. The summed E-state index contributed by atoms with van der Waals surface area (Å²) < 4.78 is 0. The zero-order valence-corrected chi connectivity index (χ0v) is 10.1. The number of nitro groups is 1. The summed E-state index contributed by atoms with van der Waals surface area (Å²) in [7, 11) is 1.69. The van der Waals surface area contributed by atoms with Crippen molar-refractivity contribution in [3.8, 4) is 0 Å². The molecule has 1 rings (SSSR count). The van der Waals surface area contributed by atoms with Crippen LogP contribution in [0.25, 0.3) is 0 Å². The van der Waals surface area contributed by atoms with Crippen LogP contribution in [0.15, 0.2) is 24.3 Å². The smallest absolute Gasteiger partial charge is 0.269 e. The standard InChI is InChI=1S/C10H13N3O3.ClH/c1-11-7-10(14)12-6-8-2-4-9(5-3-8)13(15)16;/h2-5,11H,6-7H2,1H3,(H,12,14);1H. The molecular weight excluding hydrogens is 246 g/mol. The Bertz CT molecular complexity index is 381. The number of carbonyl (C=O) groups excluding carboxylic acids is 1. The molecule has 0 saturated heterocycles. The molecule has 1 aromatic carbocycles. The average Bonchev–Trinajstić information content (AvgIpc) is 2.27. The van der Waals surface area contributed by atoms with Crippen LogP contribution in [0.5, 0.6) is 0 Å². The topological polar surface area (TPSA) is 84.3 Å². The number of benzene rings is 1. The van der Waals surface area contributed by atoms with E-state index in [2.05, 4.69) is 10.6 Å². The summed E-state index contributed by atoms with van der Waals surface area (Å²) in [6, 6.07) is 6.08. The van der Waals surface area contributed by atoms with E-state index >= 15 is 0 Å². The number of carbonyl (C=O) groups is 1. The molecule has 0 aromatic heterocycles. The summed E-state index contributed by atoms with van der Waals surface area (Å²) in [6.45, 7) is 0.630. The molecule has 1 amide bonds. The minimum absolute atomic E-state index is 0. The summed E-state index contributed by atoms with van der Waals surface area (Å²) in [5.41, 5.74) is 0.875. The Balaban J connectivity index is 0.00000256. The molecule has 0 unspecified atom stereocenters. The first-order valence-electron chi connectivity index (χ1n) is 4.78. The average molecular weight is 260 g/mol. The maximum absolute atomic E-state index is 11.1. The minimum atomic E-state index is -0.455. The normalized spacial score (nSPS) is 9.24. The molecule has 7 heteroatoms. The molecule has 2 N–H and O–H groups in total. The Hall–Kier alpha value is -1.66. The second kappa shape index (κ2) is 7.59. The maximum atomic E-state index is 11.1. The molecule has 0 aliphatic heterocycles. The van der Waals surface area contributed by atoms with Gasteiger partial charge in [0.25, 0.3) is 5.69 Å². The third-order valence-corrected chi connectivity index (χ3v) is 1.97. The monoisotopic (exact) mass is 259 g/mol. The number of halogens is 1. The van der Waals surface area contributed by atoms with Gasteiger partial charge in [-0.1, -0.05) is 12.1 Å². The molecule has 17 heavy (non-hydrogen) atoms. The van der Waals surface area contributed by atoms with Crippen molar-refractivity contribution >= 4 is 24.0 Å². The Labute approximate surface area is 105 Å². The molecular formula is C10H14ClN3O3. The largest absolute Gasteiger partial charge is 0.351 e. The van der Waals surface area contributed by atoms with E-state index in [1.54, 1.807) is 19.2 Å². The molecule has 0 aliphatic rings. The van der Waals surface area contributed by atoms with Gasteiger partial charge >= 0.3 is 0 Å². The molecule has 0 radical (unpaired) electrons. The zero-order chi connectivity index (χ0) is 12.0. The number of nitrogens with zero attached hydrogens (tertiary/aromatic N) is 1. The number of nitrogens with one attached hydrogen (secondary N) is 2. The predicted octanol–water partition coefficient (Wildman–Crippen LogP) is 0.852. The van der Waals surface area contributed by atoms with Gasteiger partial charge in [0, 0.05) is 18.7 Å². The number of non-ortho nitro benzene ring substituents is 1. The fraction of sp³-hybridized carbons (Fsp3) is 0.300. The van der Waals surface area contributed by atoms with Gasteiger partial charge in [0.1, 0.15) is 0 Å². The van der Waals surface area contributed by atoms with E-state index in [0.29, 0.717) is 6.54 Å². The second-order valence-corrected chi connectivity index (χ2v) is 3.23. The van der Waals surface area contributed by atoms with E-state index in [-0.39, 0.29) is 30.5 Å². The van der Waals surface area contributed by atoms with Crippen LogP contribution < -0.4 is 10.6 Å². The van der Waals surface area contributed by atoms with E-state index in [0.717, 1.165) is 5.56 Å². The van der Waals surface area contributed by atoms with Crippen molar-refractivity contribution in [1.82, 2.24) is 10.6 Å². The van der Waals surface area contributed by atoms with Crippen molar-refractivity contribution in [3.05, 3.63) is 39.9 Å². The van der Waals surface area contributed by atoms with Crippen molar-refractivity contribution in [3.63, 3.8) is 0 Å². The Kier molecular flexibility index (Phi) is 6.85. The summed E-state index contributed by atoms with van der Waals surface area (Å²) >= 11 is 0. The van der Waals surface area contributed by atoms with Gasteiger partial charge in [0.15, 0.2) is 0 Å². The van der Waals surface area contributed by atoms with Gasteiger partial charge in [-0.15, -0.1) is 12.4 Å². The molecule has 0 saturated carbocycles. The fourth-order valence-corrected chi connectivity index (χ4v) is 1.16. The van der Waals surface area contributed by atoms with Crippen LogP contribution in [-0.2, 0) is 11.3 Å². The predicted molar refractivity (Wildman–Crippen MR) is 66.1 cm³/mol.